The van der Waals surface area contributed by atoms with Crippen molar-refractivity contribution in [3.05, 3.63) is 0 Å². The van der Waals surface area contributed by atoms with Gasteiger partial charge in [-0.1, -0.05) is 0 Å². The van der Waals surface area contributed by atoms with Crippen LogP contribution in [-0.2, 0) is 0 Å². The molecule has 2 aliphatic rings. The fraction of sp³-hybridized carbons (Fsp3) is 1.00. The minimum Gasteiger partial charge on any atom is -0.328 e. The van der Waals surface area contributed by atoms with E-state index in [0.29, 0.717) is 0 Å². The minimum absolute atomic E-state index is 0.164. The highest BCUT2D eigenvalue weighted by molar-refractivity contribution is 7.64. The molecule has 0 aromatic rings. The molecule has 0 spiro atoms. The Morgan fingerprint density at radius 2 is 1.79 bits per heavy atom. The van der Waals surface area contributed by atoms with E-state index in [4.69, 9.17) is 33.2 Å². The molecule has 0 unspecified atom stereocenters. The summed E-state index contributed by atoms with van der Waals surface area (Å²) in [6.45, 7) is 4.15. The lowest BCUT2D eigenvalue weighted by Crippen LogP contribution is -2.71. The third-order valence-electron chi connectivity index (χ3n) is 2.76. The average Bonchev–Trinajstić information content (AvgIpc) is 2.15. The van der Waals surface area contributed by atoms with Crippen LogP contribution in [0.2, 0.25) is 0 Å². The van der Waals surface area contributed by atoms with E-state index in [2.05, 4.69) is 10.0 Å². The van der Waals surface area contributed by atoms with Gasteiger partial charge in [0.05, 0.1) is 0 Å². The highest BCUT2D eigenvalue weighted by Crippen LogP contribution is 2.29. The summed E-state index contributed by atoms with van der Waals surface area (Å²) in [5.74, 6) is 0. The Bertz CT molecular complexity index is 213. The topological polar surface area (TPSA) is 18.5 Å². The molecule has 0 atom stereocenters. The molecular formula is C6H13BCl3N3Si. The first kappa shape index (κ1) is 11.5. The first-order chi connectivity index (χ1) is 6.59. The van der Waals surface area contributed by atoms with Crippen molar-refractivity contribution in [3.8, 4) is 0 Å². The van der Waals surface area contributed by atoms with Crippen molar-refractivity contribution in [1.29, 1.82) is 0 Å². The molecule has 80 valence electrons. The molecule has 0 aromatic carbocycles. The number of rotatable bonds is 1. The summed E-state index contributed by atoms with van der Waals surface area (Å²) in [7, 11) is 0.164. The van der Waals surface area contributed by atoms with Crippen molar-refractivity contribution in [3.63, 3.8) is 0 Å². The van der Waals surface area contributed by atoms with Crippen LogP contribution in [0, 0.1) is 0 Å². The number of fused-ring (bicyclic) bond motifs is 1. The highest BCUT2D eigenvalue weighted by atomic mass is 35.8. The zero-order chi connectivity index (χ0) is 10.2. The second-order valence-electron chi connectivity index (χ2n) is 3.73. The van der Waals surface area contributed by atoms with E-state index >= 15 is 0 Å². The number of nitrogens with one attached hydrogen (secondary N) is 1. The number of halogens is 3. The van der Waals surface area contributed by atoms with Gasteiger partial charge in [0.25, 0.3) is 0 Å². The summed E-state index contributed by atoms with van der Waals surface area (Å²) in [5.41, 5.74) is 0. The molecule has 0 aliphatic carbocycles. The fourth-order valence-corrected chi connectivity index (χ4v) is 4.67. The van der Waals surface area contributed by atoms with Gasteiger partial charge in [0.15, 0.2) is 0 Å². The van der Waals surface area contributed by atoms with E-state index in [1.807, 2.05) is 4.48 Å². The van der Waals surface area contributed by atoms with Gasteiger partial charge in [-0.3, -0.25) is 4.48 Å². The zero-order valence-corrected chi connectivity index (χ0v) is 11.1. The van der Waals surface area contributed by atoms with Crippen LogP contribution in [0.5, 0.6) is 0 Å². The first-order valence-electron chi connectivity index (χ1n) is 4.90. The summed E-state index contributed by atoms with van der Waals surface area (Å²) in [6.07, 6.45) is -0.436. The van der Waals surface area contributed by atoms with Gasteiger partial charge in [-0.15, -0.1) is 33.2 Å². The lowest BCUT2D eigenvalue weighted by Gasteiger charge is -2.45. The van der Waals surface area contributed by atoms with Crippen molar-refractivity contribution in [2.75, 3.05) is 26.2 Å². The Morgan fingerprint density at radius 1 is 1.07 bits per heavy atom. The van der Waals surface area contributed by atoms with Crippen LogP contribution >= 0.6 is 33.2 Å². The van der Waals surface area contributed by atoms with Crippen LogP contribution in [0.25, 0.3) is 0 Å². The summed E-state index contributed by atoms with van der Waals surface area (Å²) in [4.78, 5) is 2.36. The van der Waals surface area contributed by atoms with Gasteiger partial charge in [0.1, 0.15) is 0 Å². The second kappa shape index (κ2) is 4.49. The summed E-state index contributed by atoms with van der Waals surface area (Å²) < 4.78 is 2.03. The Labute approximate surface area is 100.0 Å². The van der Waals surface area contributed by atoms with Gasteiger partial charge in [0, 0.05) is 0 Å². The number of hydrogen-bond donors (Lipinski definition) is 1. The van der Waals surface area contributed by atoms with Gasteiger partial charge in [-0.2, -0.15) is 0 Å². The van der Waals surface area contributed by atoms with Gasteiger partial charge < -0.3 is 10.0 Å². The minimum atomic E-state index is -2.72. The van der Waals surface area contributed by atoms with E-state index in [-0.39, 0.29) is 7.12 Å². The third-order valence-corrected chi connectivity index (χ3v) is 5.83. The molecule has 0 amide bonds. The molecule has 2 aliphatic heterocycles. The molecule has 0 aromatic heterocycles. The summed E-state index contributed by atoms with van der Waals surface area (Å²) >= 11 is 18.2. The molecule has 1 N–H and O–H groups in total. The molecule has 2 fully saturated rings. The number of nitrogens with zero attached hydrogens (tertiary/aromatic N) is 2. The Balaban J connectivity index is 2.09. The lowest BCUT2D eigenvalue weighted by atomic mass is 9.83. The molecular weight excluding hydrogens is 259 g/mol. The Hall–Kier alpha value is 1.03. The third kappa shape index (κ3) is 2.40. The lowest BCUT2D eigenvalue weighted by molar-refractivity contribution is 0.306. The van der Waals surface area contributed by atoms with Crippen LogP contribution in [0.4, 0.5) is 0 Å². The SMILES string of the molecule is Cl[Si](Cl)(Cl)N1CCCN2CCCNB21. The van der Waals surface area contributed by atoms with Crippen molar-refractivity contribution < 1.29 is 0 Å². The van der Waals surface area contributed by atoms with E-state index in [1.165, 1.54) is 6.42 Å². The van der Waals surface area contributed by atoms with Crippen molar-refractivity contribution >= 4 is 46.5 Å². The standard InChI is InChI=1S/C6H13BCl3N3Si/c8-14(9,10)13-6-2-5-12-4-1-3-11-7(12)13/h11H,1-6H2. The van der Waals surface area contributed by atoms with E-state index in [1.54, 1.807) is 0 Å². The normalized spacial score (nSPS) is 26.4. The molecule has 14 heavy (non-hydrogen) atoms. The molecule has 2 rings (SSSR count). The predicted molar refractivity (Wildman–Crippen MR) is 64.6 cm³/mol. The van der Waals surface area contributed by atoms with Gasteiger partial charge >= 0.3 is 13.3 Å². The smallest absolute Gasteiger partial charge is 0.328 e. The summed E-state index contributed by atoms with van der Waals surface area (Å²) in [6, 6.07) is 0. The zero-order valence-electron chi connectivity index (χ0n) is 7.85. The first-order valence-corrected chi connectivity index (χ1v) is 9.88. The van der Waals surface area contributed by atoms with Crippen molar-refractivity contribution in [2.45, 2.75) is 12.8 Å². The van der Waals surface area contributed by atoms with Crippen LogP contribution in [0.15, 0.2) is 0 Å². The van der Waals surface area contributed by atoms with E-state index in [9.17, 15) is 0 Å². The van der Waals surface area contributed by atoms with Crippen LogP contribution in [-0.4, -0.2) is 48.7 Å². The maximum Gasteiger partial charge on any atom is 0.415 e. The molecule has 0 saturated carbocycles. The Kier molecular flexibility index (Phi) is 3.69. The number of hydrogen-bond acceptors (Lipinski definition) is 3. The van der Waals surface area contributed by atoms with Gasteiger partial charge in [-0.25, -0.2) is 0 Å². The predicted octanol–water partition coefficient (Wildman–Crippen LogP) is 1.12. The van der Waals surface area contributed by atoms with Crippen LogP contribution in [0.3, 0.4) is 0 Å². The van der Waals surface area contributed by atoms with E-state index < -0.39 is 6.16 Å². The Morgan fingerprint density at radius 3 is 2.50 bits per heavy atom. The molecule has 8 heteroatoms. The molecule has 2 saturated heterocycles. The molecule has 2 heterocycles. The van der Waals surface area contributed by atoms with Crippen molar-refractivity contribution in [1.82, 2.24) is 14.5 Å². The molecule has 0 bridgehead atoms. The van der Waals surface area contributed by atoms with Gasteiger partial charge in [0.2, 0.25) is 0 Å². The van der Waals surface area contributed by atoms with Crippen LogP contribution < -0.4 is 5.23 Å². The average molecular weight is 272 g/mol. The molecule has 0 radical (unpaired) electrons. The van der Waals surface area contributed by atoms with Crippen LogP contribution in [0.1, 0.15) is 12.8 Å². The van der Waals surface area contributed by atoms with Gasteiger partial charge in [-0.05, 0) is 39.0 Å². The maximum absolute atomic E-state index is 6.06. The molecule has 3 nitrogen and oxygen atoms in total. The highest BCUT2D eigenvalue weighted by Gasteiger charge is 2.47. The fourth-order valence-electron chi connectivity index (χ4n) is 2.14. The summed E-state index contributed by atoms with van der Waals surface area (Å²) in [5, 5.41) is 3.41. The quantitative estimate of drug-likeness (QED) is 0.570. The largest absolute Gasteiger partial charge is 0.415 e. The second-order valence-corrected chi connectivity index (χ2v) is 11.9. The maximum atomic E-state index is 6.06. The van der Waals surface area contributed by atoms with E-state index in [0.717, 1.165) is 32.6 Å². The van der Waals surface area contributed by atoms with Crippen molar-refractivity contribution in [2.24, 2.45) is 0 Å². The monoisotopic (exact) mass is 271 g/mol.